The molecule has 0 unspecified atom stereocenters. The molecule has 0 saturated heterocycles. The first-order chi connectivity index (χ1) is 11.6. The summed E-state index contributed by atoms with van der Waals surface area (Å²) in [5, 5.41) is 4.63. The van der Waals surface area contributed by atoms with E-state index < -0.39 is 0 Å². The molecule has 124 valence electrons. The lowest BCUT2D eigenvalue weighted by molar-refractivity contribution is 0.403. The van der Waals surface area contributed by atoms with Crippen LogP contribution in [0.1, 0.15) is 5.56 Å². The first kappa shape index (κ1) is 16.2. The number of aromatic nitrogens is 2. The molecule has 3 aromatic rings. The summed E-state index contributed by atoms with van der Waals surface area (Å²) >= 11 is 0. The number of benzene rings is 2. The van der Waals surface area contributed by atoms with Gasteiger partial charge in [0.15, 0.2) is 0 Å². The van der Waals surface area contributed by atoms with Crippen molar-refractivity contribution in [2.24, 2.45) is 0 Å². The van der Waals surface area contributed by atoms with E-state index in [-0.39, 0.29) is 5.82 Å². The highest BCUT2D eigenvalue weighted by Crippen LogP contribution is 2.29. The fourth-order valence-electron chi connectivity index (χ4n) is 2.62. The second-order valence-electron chi connectivity index (χ2n) is 5.87. The summed E-state index contributed by atoms with van der Waals surface area (Å²) in [5.74, 6) is 0.153. The van der Waals surface area contributed by atoms with E-state index in [1.807, 2.05) is 55.5 Å². The Kier molecular flexibility index (Phi) is 4.62. The number of nitrogens with zero attached hydrogens (tertiary/aromatic N) is 3. The maximum atomic E-state index is 14.5. The molecule has 0 fully saturated rings. The molecule has 24 heavy (non-hydrogen) atoms. The molecule has 0 N–H and O–H groups in total. The number of para-hydroxylation sites is 1. The number of halogens is 1. The zero-order valence-electron chi connectivity index (χ0n) is 14.0. The number of methoxy groups -OCH3 is 1. The van der Waals surface area contributed by atoms with Crippen LogP contribution >= 0.6 is 0 Å². The van der Waals surface area contributed by atoms with Gasteiger partial charge in [0, 0.05) is 29.9 Å². The molecule has 4 nitrogen and oxygen atoms in total. The van der Waals surface area contributed by atoms with Gasteiger partial charge in [0.25, 0.3) is 0 Å². The molecule has 3 rings (SSSR count). The lowest BCUT2D eigenvalue weighted by atomic mass is 10.1. The zero-order valence-corrected chi connectivity index (χ0v) is 14.0. The molecule has 0 bridgehead atoms. The van der Waals surface area contributed by atoms with Gasteiger partial charge in [-0.05, 0) is 38.4 Å². The van der Waals surface area contributed by atoms with Crippen LogP contribution in [0.25, 0.3) is 16.9 Å². The molecule has 5 heteroatoms. The minimum absolute atomic E-state index is 0.340. The first-order valence-electron chi connectivity index (χ1n) is 7.71. The summed E-state index contributed by atoms with van der Waals surface area (Å²) in [5.41, 5.74) is 3.03. The van der Waals surface area contributed by atoms with E-state index in [0.29, 0.717) is 23.6 Å². The van der Waals surface area contributed by atoms with Crippen LogP contribution in [0.2, 0.25) is 0 Å². The van der Waals surface area contributed by atoms with Crippen LogP contribution in [0.15, 0.2) is 54.7 Å². The van der Waals surface area contributed by atoms with Gasteiger partial charge in [-0.1, -0.05) is 18.2 Å². The quantitative estimate of drug-likeness (QED) is 0.716. The van der Waals surface area contributed by atoms with Crippen LogP contribution < -0.4 is 4.74 Å². The zero-order chi connectivity index (χ0) is 17.1. The van der Waals surface area contributed by atoms with Gasteiger partial charge in [-0.15, -0.1) is 0 Å². The molecular weight excluding hydrogens is 305 g/mol. The average molecular weight is 325 g/mol. The van der Waals surface area contributed by atoms with Crippen LogP contribution in [0.3, 0.4) is 0 Å². The third-order valence-electron chi connectivity index (χ3n) is 3.73. The molecule has 1 aromatic heterocycles. The van der Waals surface area contributed by atoms with Crippen molar-refractivity contribution in [2.45, 2.75) is 6.54 Å². The SMILES string of the molecule is COc1ccc(-c2nn(-c3ccccc3)cc2CN(C)C)c(F)c1. The van der Waals surface area contributed by atoms with E-state index in [1.54, 1.807) is 16.8 Å². The van der Waals surface area contributed by atoms with Crippen molar-refractivity contribution in [1.29, 1.82) is 0 Å². The molecular formula is C19H20FN3O. The van der Waals surface area contributed by atoms with Gasteiger partial charge < -0.3 is 9.64 Å². The number of hydrogen-bond donors (Lipinski definition) is 0. The summed E-state index contributed by atoms with van der Waals surface area (Å²) in [4.78, 5) is 2.04. The van der Waals surface area contributed by atoms with E-state index in [1.165, 1.54) is 13.2 Å². The molecule has 0 aliphatic rings. The van der Waals surface area contributed by atoms with Crippen LogP contribution in [-0.2, 0) is 6.54 Å². The van der Waals surface area contributed by atoms with Crippen LogP contribution in [0.5, 0.6) is 5.75 Å². The molecule has 0 radical (unpaired) electrons. The number of rotatable bonds is 5. The Morgan fingerprint density at radius 2 is 1.88 bits per heavy atom. The Bertz CT molecular complexity index is 828. The molecule has 0 atom stereocenters. The summed E-state index contributed by atoms with van der Waals surface area (Å²) in [6.45, 7) is 0.674. The molecule has 0 aliphatic heterocycles. The maximum absolute atomic E-state index is 14.5. The van der Waals surface area contributed by atoms with Crippen molar-refractivity contribution in [3.63, 3.8) is 0 Å². The minimum Gasteiger partial charge on any atom is -0.497 e. The first-order valence-corrected chi connectivity index (χ1v) is 7.71. The van der Waals surface area contributed by atoms with Gasteiger partial charge in [0.05, 0.1) is 12.8 Å². The standard InChI is InChI=1S/C19H20FN3O/c1-22(2)12-14-13-23(15-7-5-4-6-8-15)21-19(14)17-10-9-16(24-3)11-18(17)20/h4-11,13H,12H2,1-3H3. The van der Waals surface area contributed by atoms with E-state index in [4.69, 9.17) is 4.74 Å². The molecule has 0 saturated carbocycles. The van der Waals surface area contributed by atoms with Gasteiger partial charge in [0.1, 0.15) is 17.3 Å². The molecule has 0 spiro atoms. The smallest absolute Gasteiger partial charge is 0.136 e. The fourth-order valence-corrected chi connectivity index (χ4v) is 2.62. The van der Waals surface area contributed by atoms with Crippen LogP contribution in [0.4, 0.5) is 4.39 Å². The van der Waals surface area contributed by atoms with E-state index in [9.17, 15) is 4.39 Å². The maximum Gasteiger partial charge on any atom is 0.136 e. The third kappa shape index (κ3) is 3.31. The van der Waals surface area contributed by atoms with E-state index in [0.717, 1.165) is 11.3 Å². The van der Waals surface area contributed by atoms with Crippen molar-refractivity contribution in [1.82, 2.24) is 14.7 Å². The lowest BCUT2D eigenvalue weighted by Crippen LogP contribution is -2.10. The molecule has 2 aromatic carbocycles. The van der Waals surface area contributed by atoms with Gasteiger partial charge in [0.2, 0.25) is 0 Å². The van der Waals surface area contributed by atoms with E-state index in [2.05, 4.69) is 5.10 Å². The Labute approximate surface area is 141 Å². The van der Waals surface area contributed by atoms with Crippen molar-refractivity contribution < 1.29 is 9.13 Å². The highest BCUT2D eigenvalue weighted by atomic mass is 19.1. The number of hydrogen-bond acceptors (Lipinski definition) is 3. The average Bonchev–Trinajstić information content (AvgIpc) is 2.98. The van der Waals surface area contributed by atoms with Crippen molar-refractivity contribution >= 4 is 0 Å². The van der Waals surface area contributed by atoms with Gasteiger partial charge in [-0.2, -0.15) is 5.10 Å². The third-order valence-corrected chi connectivity index (χ3v) is 3.73. The lowest BCUT2D eigenvalue weighted by Gasteiger charge is -2.10. The topological polar surface area (TPSA) is 30.3 Å². The predicted octanol–water partition coefficient (Wildman–Crippen LogP) is 3.75. The second-order valence-corrected chi connectivity index (χ2v) is 5.87. The summed E-state index contributed by atoms with van der Waals surface area (Å²) in [6.07, 6.45) is 1.95. The molecule has 0 amide bonds. The Morgan fingerprint density at radius 1 is 1.12 bits per heavy atom. The largest absolute Gasteiger partial charge is 0.497 e. The van der Waals surface area contributed by atoms with E-state index >= 15 is 0 Å². The van der Waals surface area contributed by atoms with Crippen molar-refractivity contribution in [3.05, 3.63) is 66.1 Å². The van der Waals surface area contributed by atoms with Crippen LogP contribution in [0, 0.1) is 5.82 Å². The summed E-state index contributed by atoms with van der Waals surface area (Å²) in [6, 6.07) is 14.7. The Hall–Kier alpha value is -2.66. The normalized spacial score (nSPS) is 11.0. The Balaban J connectivity index is 2.10. The van der Waals surface area contributed by atoms with Gasteiger partial charge in [-0.25, -0.2) is 9.07 Å². The summed E-state index contributed by atoms with van der Waals surface area (Å²) < 4.78 is 21.4. The highest BCUT2D eigenvalue weighted by molar-refractivity contribution is 5.65. The second kappa shape index (κ2) is 6.84. The van der Waals surface area contributed by atoms with Gasteiger partial charge >= 0.3 is 0 Å². The van der Waals surface area contributed by atoms with Crippen molar-refractivity contribution in [3.8, 4) is 22.7 Å². The predicted molar refractivity (Wildman–Crippen MR) is 92.9 cm³/mol. The minimum atomic E-state index is -0.340. The highest BCUT2D eigenvalue weighted by Gasteiger charge is 2.16. The Morgan fingerprint density at radius 3 is 2.50 bits per heavy atom. The monoisotopic (exact) mass is 325 g/mol. The molecule has 1 heterocycles. The number of ether oxygens (including phenoxy) is 1. The van der Waals surface area contributed by atoms with Gasteiger partial charge in [-0.3, -0.25) is 0 Å². The summed E-state index contributed by atoms with van der Waals surface area (Å²) in [7, 11) is 5.48. The van der Waals surface area contributed by atoms with Crippen molar-refractivity contribution in [2.75, 3.05) is 21.2 Å². The van der Waals surface area contributed by atoms with Crippen LogP contribution in [-0.4, -0.2) is 35.9 Å². The molecule has 0 aliphatic carbocycles. The fraction of sp³-hybridized carbons (Fsp3) is 0.211.